The smallest absolute Gasteiger partial charge is 0.307 e. The van der Waals surface area contributed by atoms with Crippen LogP contribution in [0.5, 0.6) is 0 Å². The predicted molar refractivity (Wildman–Crippen MR) is 60.9 cm³/mol. The van der Waals surface area contributed by atoms with Crippen molar-refractivity contribution in [2.45, 2.75) is 40.0 Å². The van der Waals surface area contributed by atoms with Crippen LogP contribution in [-0.4, -0.2) is 23.5 Å². The van der Waals surface area contributed by atoms with E-state index < -0.39 is 11.9 Å². The Morgan fingerprint density at radius 3 is 2.19 bits per heavy atom. The maximum Gasteiger partial charge on any atom is 0.307 e. The van der Waals surface area contributed by atoms with Gasteiger partial charge in [0.15, 0.2) is 0 Å². The third-order valence-corrected chi connectivity index (χ3v) is 3.10. The average Bonchev–Trinajstić information content (AvgIpc) is 1.97. The number of carboxylic acid groups (broad SMARTS) is 1. The Morgan fingerprint density at radius 1 is 1.25 bits per heavy atom. The molecule has 16 heavy (non-hydrogen) atoms. The second-order valence-electron chi connectivity index (χ2n) is 5.73. The van der Waals surface area contributed by atoms with Gasteiger partial charge in [-0.05, 0) is 24.7 Å². The van der Waals surface area contributed by atoms with Crippen molar-refractivity contribution in [3.8, 4) is 0 Å². The van der Waals surface area contributed by atoms with Gasteiger partial charge in [0.2, 0.25) is 5.91 Å². The molecule has 1 amide bonds. The highest BCUT2D eigenvalue weighted by Gasteiger charge is 2.41. The van der Waals surface area contributed by atoms with Crippen LogP contribution >= 0.6 is 0 Å². The van der Waals surface area contributed by atoms with Crippen LogP contribution in [0, 0.1) is 17.3 Å². The van der Waals surface area contributed by atoms with Crippen molar-refractivity contribution >= 4 is 11.9 Å². The second-order valence-corrected chi connectivity index (χ2v) is 5.73. The SMILES string of the molecule is CC(C)(C)CCNC(=O)C1CCC1C(=O)O. The second kappa shape index (κ2) is 4.85. The van der Waals surface area contributed by atoms with Gasteiger partial charge in [-0.25, -0.2) is 0 Å². The molecule has 2 atom stereocenters. The van der Waals surface area contributed by atoms with Crippen LogP contribution in [0.25, 0.3) is 0 Å². The summed E-state index contributed by atoms with van der Waals surface area (Å²) in [4.78, 5) is 22.4. The minimum absolute atomic E-state index is 0.0945. The van der Waals surface area contributed by atoms with Gasteiger partial charge in [-0.1, -0.05) is 20.8 Å². The van der Waals surface area contributed by atoms with Crippen LogP contribution in [0.1, 0.15) is 40.0 Å². The lowest BCUT2D eigenvalue weighted by Gasteiger charge is -2.32. The zero-order valence-corrected chi connectivity index (χ0v) is 10.2. The molecule has 0 aliphatic heterocycles. The lowest BCUT2D eigenvalue weighted by atomic mass is 9.73. The summed E-state index contributed by atoms with van der Waals surface area (Å²) in [5.41, 5.74) is 0.194. The van der Waals surface area contributed by atoms with E-state index in [0.717, 1.165) is 6.42 Å². The minimum atomic E-state index is -0.845. The first kappa shape index (κ1) is 13.0. The van der Waals surface area contributed by atoms with E-state index in [1.54, 1.807) is 0 Å². The van der Waals surface area contributed by atoms with Crippen molar-refractivity contribution < 1.29 is 14.7 Å². The van der Waals surface area contributed by atoms with Gasteiger partial charge in [0.25, 0.3) is 0 Å². The monoisotopic (exact) mass is 227 g/mol. The van der Waals surface area contributed by atoms with Crippen molar-refractivity contribution in [3.63, 3.8) is 0 Å². The van der Waals surface area contributed by atoms with Crippen molar-refractivity contribution in [2.75, 3.05) is 6.54 Å². The minimum Gasteiger partial charge on any atom is -0.481 e. The van der Waals surface area contributed by atoms with Gasteiger partial charge in [-0.2, -0.15) is 0 Å². The van der Waals surface area contributed by atoms with Gasteiger partial charge in [-0.3, -0.25) is 9.59 Å². The van der Waals surface area contributed by atoms with Crippen LogP contribution in [0.3, 0.4) is 0 Å². The number of carboxylic acids is 1. The number of rotatable bonds is 4. The Bertz CT molecular complexity index is 280. The molecule has 0 bridgehead atoms. The van der Waals surface area contributed by atoms with Gasteiger partial charge < -0.3 is 10.4 Å². The topological polar surface area (TPSA) is 66.4 Å². The maximum atomic E-state index is 11.7. The first-order valence-electron chi connectivity index (χ1n) is 5.82. The molecule has 2 unspecified atom stereocenters. The first-order valence-corrected chi connectivity index (χ1v) is 5.82. The number of carbonyl (C=O) groups excluding carboxylic acids is 1. The van der Waals surface area contributed by atoms with E-state index >= 15 is 0 Å². The highest BCUT2D eigenvalue weighted by Crippen LogP contribution is 2.34. The van der Waals surface area contributed by atoms with E-state index in [9.17, 15) is 9.59 Å². The first-order chi connectivity index (χ1) is 7.31. The third-order valence-electron chi connectivity index (χ3n) is 3.10. The molecule has 0 spiro atoms. The van der Waals surface area contributed by atoms with Crippen molar-refractivity contribution in [1.82, 2.24) is 5.32 Å². The largest absolute Gasteiger partial charge is 0.481 e. The summed E-state index contributed by atoms with van der Waals surface area (Å²) < 4.78 is 0. The Hall–Kier alpha value is -1.06. The highest BCUT2D eigenvalue weighted by atomic mass is 16.4. The molecule has 1 saturated carbocycles. The van der Waals surface area contributed by atoms with Crippen LogP contribution in [0.4, 0.5) is 0 Å². The molecule has 0 aromatic heterocycles. The number of carbonyl (C=O) groups is 2. The maximum absolute atomic E-state index is 11.7. The fourth-order valence-corrected chi connectivity index (χ4v) is 1.80. The van der Waals surface area contributed by atoms with E-state index in [1.165, 1.54) is 0 Å². The summed E-state index contributed by atoms with van der Waals surface area (Å²) in [6.45, 7) is 6.97. The summed E-state index contributed by atoms with van der Waals surface area (Å²) in [6, 6.07) is 0. The zero-order chi connectivity index (χ0) is 12.3. The number of hydrogen-bond acceptors (Lipinski definition) is 2. The average molecular weight is 227 g/mol. The summed E-state index contributed by atoms with van der Waals surface area (Å²) in [5.74, 6) is -1.71. The third kappa shape index (κ3) is 3.51. The van der Waals surface area contributed by atoms with Gasteiger partial charge in [0.05, 0.1) is 11.8 Å². The number of nitrogens with one attached hydrogen (secondary N) is 1. The Morgan fingerprint density at radius 2 is 1.81 bits per heavy atom. The standard InChI is InChI=1S/C12H21NO3/c1-12(2,3)6-7-13-10(14)8-4-5-9(8)11(15)16/h8-9H,4-7H2,1-3H3,(H,13,14)(H,15,16). The van der Waals surface area contributed by atoms with Crippen LogP contribution < -0.4 is 5.32 Å². The van der Waals surface area contributed by atoms with Crippen LogP contribution in [0.2, 0.25) is 0 Å². The van der Waals surface area contributed by atoms with E-state index in [1.807, 2.05) is 0 Å². The molecular formula is C12H21NO3. The molecule has 4 heteroatoms. The molecule has 1 fully saturated rings. The Balaban J connectivity index is 2.28. The summed E-state index contributed by atoms with van der Waals surface area (Å²) >= 11 is 0. The Kier molecular flexibility index (Phi) is 3.94. The molecular weight excluding hydrogens is 206 g/mol. The molecule has 4 nitrogen and oxygen atoms in total. The quantitative estimate of drug-likeness (QED) is 0.767. The molecule has 2 N–H and O–H groups in total. The lowest BCUT2D eigenvalue weighted by Crippen LogP contribution is -2.44. The molecule has 92 valence electrons. The molecule has 0 aromatic rings. The van der Waals surface area contributed by atoms with Gasteiger partial charge >= 0.3 is 5.97 Å². The predicted octanol–water partition coefficient (Wildman–Crippen LogP) is 1.65. The summed E-state index contributed by atoms with van der Waals surface area (Å²) in [5, 5.41) is 11.7. The number of hydrogen-bond donors (Lipinski definition) is 2. The molecule has 0 saturated heterocycles. The molecule has 1 aliphatic rings. The Labute approximate surface area is 96.4 Å². The number of aliphatic carboxylic acids is 1. The summed E-state index contributed by atoms with van der Waals surface area (Å²) in [6.07, 6.45) is 2.24. The fraction of sp³-hybridized carbons (Fsp3) is 0.833. The van der Waals surface area contributed by atoms with Crippen molar-refractivity contribution in [3.05, 3.63) is 0 Å². The van der Waals surface area contributed by atoms with E-state index in [2.05, 4.69) is 26.1 Å². The van der Waals surface area contributed by atoms with E-state index in [0.29, 0.717) is 19.4 Å². The van der Waals surface area contributed by atoms with E-state index in [4.69, 9.17) is 5.11 Å². The van der Waals surface area contributed by atoms with Gasteiger partial charge in [0, 0.05) is 6.54 Å². The lowest BCUT2D eigenvalue weighted by molar-refractivity contribution is -0.152. The summed E-state index contributed by atoms with van der Waals surface area (Å²) in [7, 11) is 0. The van der Waals surface area contributed by atoms with Gasteiger partial charge in [-0.15, -0.1) is 0 Å². The van der Waals surface area contributed by atoms with Crippen molar-refractivity contribution in [2.24, 2.45) is 17.3 Å². The molecule has 0 heterocycles. The fourth-order valence-electron chi connectivity index (χ4n) is 1.80. The zero-order valence-electron chi connectivity index (χ0n) is 10.2. The van der Waals surface area contributed by atoms with Gasteiger partial charge in [0.1, 0.15) is 0 Å². The molecule has 1 aliphatic carbocycles. The van der Waals surface area contributed by atoms with Crippen LogP contribution in [0.15, 0.2) is 0 Å². The molecule has 1 rings (SSSR count). The highest BCUT2D eigenvalue weighted by molar-refractivity contribution is 5.86. The van der Waals surface area contributed by atoms with E-state index in [-0.39, 0.29) is 17.2 Å². The van der Waals surface area contributed by atoms with Crippen LogP contribution in [-0.2, 0) is 9.59 Å². The molecule has 0 radical (unpaired) electrons. The molecule has 0 aromatic carbocycles. The number of amides is 1. The van der Waals surface area contributed by atoms with Crippen molar-refractivity contribution in [1.29, 1.82) is 0 Å². The normalized spacial score (nSPS) is 24.7.